The molecular weight excluding hydrogens is 395 g/mol. The van der Waals surface area contributed by atoms with Crippen LogP contribution < -0.4 is 0 Å². The van der Waals surface area contributed by atoms with Gasteiger partial charge in [-0.05, 0) is 68.4 Å². The summed E-state index contributed by atoms with van der Waals surface area (Å²) in [6.07, 6.45) is 4.22. The Morgan fingerprint density at radius 1 is 1.10 bits per heavy atom. The minimum atomic E-state index is -1.65. The van der Waals surface area contributed by atoms with E-state index in [1.165, 1.54) is 0 Å². The minimum absolute atomic E-state index is 0.122. The van der Waals surface area contributed by atoms with Gasteiger partial charge in [0.2, 0.25) is 5.16 Å². The van der Waals surface area contributed by atoms with E-state index in [9.17, 15) is 14.2 Å². The number of ketones is 1. The molecule has 0 radical (unpaired) electrons. The van der Waals surface area contributed by atoms with Gasteiger partial charge in [0, 0.05) is 5.56 Å². The number of aryl methyl sites for hydroxylation is 3. The van der Waals surface area contributed by atoms with E-state index >= 15 is 0 Å². The largest absolute Gasteiger partial charge is 0.464 e. The van der Waals surface area contributed by atoms with Crippen molar-refractivity contribution in [1.29, 1.82) is 0 Å². The second kappa shape index (κ2) is 9.73. The Morgan fingerprint density at radius 2 is 1.63 bits per heavy atom. The number of carbonyl (C=O) groups is 2. The summed E-state index contributed by atoms with van der Waals surface area (Å²) in [5.41, 5.74) is 3.33. The molecule has 0 aromatic heterocycles. The maximum atomic E-state index is 13.8. The number of carbonyl (C=O) groups excluding carboxylic acids is 2. The van der Waals surface area contributed by atoms with Gasteiger partial charge in [0.25, 0.3) is 0 Å². The molecule has 166 valence electrons. The average Bonchev–Trinajstić information content (AvgIpc) is 3.13. The van der Waals surface area contributed by atoms with Gasteiger partial charge in [0.05, 0.1) is 6.61 Å². The highest BCUT2D eigenvalue weighted by Crippen LogP contribution is 2.46. The summed E-state index contributed by atoms with van der Waals surface area (Å²) < 4.78 is 18.3. The first kappa shape index (κ1) is 24.7. The summed E-state index contributed by atoms with van der Waals surface area (Å²) in [6.45, 7) is 14.5. The van der Waals surface area contributed by atoms with Crippen molar-refractivity contribution in [2.45, 2.75) is 85.7 Å². The Kier molecular flexibility index (Phi) is 8.02. The lowest BCUT2D eigenvalue weighted by Crippen LogP contribution is -2.49. The molecule has 0 aliphatic heterocycles. The van der Waals surface area contributed by atoms with Crippen LogP contribution in [0.15, 0.2) is 12.1 Å². The Bertz CT molecular complexity index is 779. The third-order valence-corrected chi connectivity index (χ3v) is 7.15. The Labute approximate surface area is 183 Å². The van der Waals surface area contributed by atoms with Crippen LogP contribution in [0.5, 0.6) is 0 Å². The molecule has 0 heterocycles. The van der Waals surface area contributed by atoms with Crippen LogP contribution in [0.25, 0.3) is 0 Å². The number of hydrogen-bond acceptors (Lipinski definition) is 4. The van der Waals surface area contributed by atoms with Gasteiger partial charge in [-0.1, -0.05) is 58.2 Å². The van der Waals surface area contributed by atoms with E-state index in [1.807, 2.05) is 39.8 Å². The maximum absolute atomic E-state index is 13.8. The van der Waals surface area contributed by atoms with Crippen molar-refractivity contribution in [3.63, 3.8) is 0 Å². The summed E-state index contributed by atoms with van der Waals surface area (Å²) in [5, 5.41) is -1.65. The number of esters is 1. The second-order valence-corrected chi connectivity index (χ2v) is 11.3. The molecule has 0 saturated heterocycles. The van der Waals surface area contributed by atoms with Gasteiger partial charge in [-0.2, -0.15) is 0 Å². The summed E-state index contributed by atoms with van der Waals surface area (Å²) >= 11 is 0. The molecule has 1 saturated carbocycles. The number of Topliss-reactive ketones (excluding diaryl/α,β-unsaturated/α-hetero) is 1. The highest BCUT2D eigenvalue weighted by molar-refractivity contribution is 7.30. The molecule has 0 spiro atoms. The summed E-state index contributed by atoms with van der Waals surface area (Å²) in [7, 11) is -0.457. The number of rotatable bonds is 8. The first-order chi connectivity index (χ1) is 13.9. The molecule has 0 amide bonds. The van der Waals surface area contributed by atoms with Gasteiger partial charge in [0.15, 0.2) is 14.2 Å². The Balaban J connectivity index is 2.40. The molecule has 1 aliphatic rings. The number of benzene rings is 1. The van der Waals surface area contributed by atoms with Crippen LogP contribution in [0, 0.1) is 38.0 Å². The standard InChI is InChI=1S/C25H37O4P/c1-16-12-18(3)21(19(4)13-16)22(26)25(30-28,20-10-8-9-11-20)23(27)29-15-17(2)14-24(5,6)7/h12-13,17,20H,8-11,14-15H2,1-7H3. The van der Waals surface area contributed by atoms with Crippen molar-refractivity contribution >= 4 is 20.2 Å². The molecule has 1 aliphatic carbocycles. The third-order valence-electron chi connectivity index (χ3n) is 6.11. The third kappa shape index (κ3) is 5.38. The fourth-order valence-corrected chi connectivity index (χ4v) is 5.84. The molecule has 0 N–H and O–H groups in total. The van der Waals surface area contributed by atoms with Gasteiger partial charge in [-0.15, -0.1) is 0 Å². The van der Waals surface area contributed by atoms with Crippen LogP contribution in [0.4, 0.5) is 0 Å². The molecule has 2 atom stereocenters. The predicted molar refractivity (Wildman–Crippen MR) is 121 cm³/mol. The SMILES string of the molecule is Cc1cc(C)c(C(=O)C(P=O)(C(=O)OCC(C)CC(C)(C)C)C2CCCC2)c(C)c1. The lowest BCUT2D eigenvalue weighted by molar-refractivity contribution is -0.148. The van der Waals surface area contributed by atoms with Gasteiger partial charge in [-0.3, -0.25) is 14.2 Å². The van der Waals surface area contributed by atoms with E-state index in [0.717, 1.165) is 48.8 Å². The highest BCUT2D eigenvalue weighted by Gasteiger charge is 2.56. The lowest BCUT2D eigenvalue weighted by Gasteiger charge is -2.31. The quantitative estimate of drug-likeness (QED) is 0.200. The van der Waals surface area contributed by atoms with Crippen LogP contribution >= 0.6 is 8.46 Å². The summed E-state index contributed by atoms with van der Waals surface area (Å²) in [5.74, 6) is -1.07. The second-order valence-electron chi connectivity index (χ2n) is 10.4. The van der Waals surface area contributed by atoms with E-state index < -0.39 is 19.6 Å². The maximum Gasteiger partial charge on any atom is 0.332 e. The zero-order chi connectivity index (χ0) is 22.7. The van der Waals surface area contributed by atoms with Crippen LogP contribution in [-0.4, -0.2) is 23.5 Å². The van der Waals surface area contributed by atoms with E-state index in [0.29, 0.717) is 5.56 Å². The fraction of sp³-hybridized carbons (Fsp3) is 0.680. The van der Waals surface area contributed by atoms with Crippen molar-refractivity contribution in [3.05, 3.63) is 34.4 Å². The average molecular weight is 433 g/mol. The summed E-state index contributed by atoms with van der Waals surface area (Å²) in [4.78, 5) is 27.3. The molecule has 30 heavy (non-hydrogen) atoms. The number of ether oxygens (including phenoxy) is 1. The predicted octanol–water partition coefficient (Wildman–Crippen LogP) is 6.63. The van der Waals surface area contributed by atoms with Gasteiger partial charge < -0.3 is 4.74 Å². The molecule has 2 rings (SSSR count). The fourth-order valence-electron chi connectivity index (χ4n) is 5.10. The van der Waals surface area contributed by atoms with Crippen LogP contribution in [0.3, 0.4) is 0 Å². The van der Waals surface area contributed by atoms with Crippen molar-refractivity contribution < 1.29 is 18.9 Å². The van der Waals surface area contributed by atoms with E-state index in [2.05, 4.69) is 20.8 Å². The summed E-state index contributed by atoms with van der Waals surface area (Å²) in [6, 6.07) is 3.89. The monoisotopic (exact) mass is 432 g/mol. The molecule has 0 bridgehead atoms. The van der Waals surface area contributed by atoms with E-state index in [1.54, 1.807) is 0 Å². The number of hydrogen-bond donors (Lipinski definition) is 0. The molecule has 5 heteroatoms. The van der Waals surface area contributed by atoms with Gasteiger partial charge >= 0.3 is 5.97 Å². The van der Waals surface area contributed by atoms with Crippen molar-refractivity contribution in [2.75, 3.05) is 6.61 Å². The minimum Gasteiger partial charge on any atom is -0.464 e. The molecule has 1 aromatic carbocycles. The van der Waals surface area contributed by atoms with Gasteiger partial charge in [0.1, 0.15) is 0 Å². The lowest BCUT2D eigenvalue weighted by atomic mass is 9.80. The molecule has 2 unspecified atom stereocenters. The first-order valence-corrected chi connectivity index (χ1v) is 11.9. The molecule has 1 aromatic rings. The molecule has 1 fully saturated rings. The van der Waals surface area contributed by atoms with Gasteiger partial charge in [-0.25, -0.2) is 0 Å². The van der Waals surface area contributed by atoms with Crippen molar-refractivity contribution in [2.24, 2.45) is 17.3 Å². The smallest absolute Gasteiger partial charge is 0.332 e. The van der Waals surface area contributed by atoms with Crippen LogP contribution in [-0.2, 0) is 14.1 Å². The van der Waals surface area contributed by atoms with Crippen molar-refractivity contribution in [1.82, 2.24) is 0 Å². The van der Waals surface area contributed by atoms with E-state index in [4.69, 9.17) is 4.74 Å². The molecular formula is C25H37O4P. The highest BCUT2D eigenvalue weighted by atomic mass is 31.1. The topological polar surface area (TPSA) is 60.4 Å². The zero-order valence-electron chi connectivity index (χ0n) is 19.6. The van der Waals surface area contributed by atoms with Crippen LogP contribution in [0.1, 0.15) is 86.8 Å². The first-order valence-electron chi connectivity index (χ1n) is 11.1. The normalized spacial score (nSPS) is 18.2. The zero-order valence-corrected chi connectivity index (χ0v) is 20.5. The Hall–Kier alpha value is -1.54. The van der Waals surface area contributed by atoms with Crippen molar-refractivity contribution in [3.8, 4) is 0 Å². The van der Waals surface area contributed by atoms with E-state index in [-0.39, 0.29) is 29.6 Å². The molecule has 4 nitrogen and oxygen atoms in total. The van der Waals surface area contributed by atoms with Crippen LogP contribution in [0.2, 0.25) is 0 Å². The Morgan fingerprint density at radius 3 is 2.10 bits per heavy atom.